The number of nitrogens with zero attached hydrogens (tertiary/aromatic N) is 5. The van der Waals surface area contributed by atoms with Crippen LogP contribution >= 0.6 is 11.6 Å². The van der Waals surface area contributed by atoms with E-state index in [2.05, 4.69) is 37.5 Å². The monoisotopic (exact) mass is 641 g/mol. The van der Waals surface area contributed by atoms with Crippen molar-refractivity contribution in [3.8, 4) is 29.0 Å². The Morgan fingerprint density at radius 1 is 1.22 bits per heavy atom. The summed E-state index contributed by atoms with van der Waals surface area (Å²) in [5, 5.41) is 19.6. The van der Waals surface area contributed by atoms with Gasteiger partial charge < -0.3 is 14.8 Å². The van der Waals surface area contributed by atoms with Crippen LogP contribution < -0.4 is 14.8 Å². The number of H-pyrrole nitrogens is 1. The van der Waals surface area contributed by atoms with Gasteiger partial charge in [-0.1, -0.05) is 23.7 Å². The summed E-state index contributed by atoms with van der Waals surface area (Å²) in [5.74, 6) is -0.0909. The number of ether oxygens (including phenoxy) is 2. The second-order valence-electron chi connectivity index (χ2n) is 12.5. The number of piperidine rings is 1. The molecule has 0 spiro atoms. The maximum atomic E-state index is 14.8. The summed E-state index contributed by atoms with van der Waals surface area (Å²) < 4.78 is 27.4. The molecular weight excluding hydrogens is 609 g/mol. The van der Waals surface area contributed by atoms with E-state index in [1.54, 1.807) is 25.3 Å². The number of halogens is 2. The van der Waals surface area contributed by atoms with Crippen LogP contribution in [0.3, 0.4) is 0 Å². The van der Waals surface area contributed by atoms with E-state index in [0.717, 1.165) is 55.6 Å². The Morgan fingerprint density at radius 2 is 2.02 bits per heavy atom. The Kier molecular flexibility index (Phi) is 7.65. The number of rotatable bonds is 8. The fourth-order valence-electron chi connectivity index (χ4n) is 6.46. The van der Waals surface area contributed by atoms with Crippen LogP contribution in [0.4, 0.5) is 4.39 Å². The molecule has 1 aliphatic carbocycles. The molecule has 46 heavy (non-hydrogen) atoms. The smallest absolute Gasteiger partial charge is 0.288 e. The summed E-state index contributed by atoms with van der Waals surface area (Å²) >= 11 is 5.98. The molecule has 0 bridgehead atoms. The van der Waals surface area contributed by atoms with Gasteiger partial charge in [-0.15, -0.1) is 0 Å². The van der Waals surface area contributed by atoms with Crippen molar-refractivity contribution < 1.29 is 18.7 Å². The standard InChI is InChI=1S/C34H33ClFN7O3/c1-33(25-7-6-23(35)15-26(25)36)45-28-5-3-4-24(29(28)46-33)20-8-12-43(13-9-20)18-27-21(16-34(19-37)10-11-34)14-22(17-39-27)30-40-31(42-41-30)32(44)38-2/h3-7,14-15,17,20H,8-13,16,18H2,1-2H3,(H,38,44)(H,40,41,42)/t33-/m1/s1. The predicted octanol–water partition coefficient (Wildman–Crippen LogP) is 5.89. The van der Waals surface area contributed by atoms with E-state index in [1.165, 1.54) is 13.1 Å². The van der Waals surface area contributed by atoms with Gasteiger partial charge in [0.05, 0.1) is 22.7 Å². The average molecular weight is 642 g/mol. The van der Waals surface area contributed by atoms with E-state index in [1.807, 2.05) is 18.2 Å². The molecule has 2 N–H and O–H groups in total. The number of carbonyl (C=O) groups excluding carboxylic acids is 1. The molecule has 7 rings (SSSR count). The lowest BCUT2D eigenvalue weighted by Crippen LogP contribution is -2.34. The van der Waals surface area contributed by atoms with Crippen LogP contribution in [0.5, 0.6) is 11.5 Å². The lowest BCUT2D eigenvalue weighted by Gasteiger charge is -2.33. The third-order valence-corrected chi connectivity index (χ3v) is 9.53. The average Bonchev–Trinajstić information content (AvgIpc) is 3.47. The first kappa shape index (κ1) is 30.1. The molecule has 3 aliphatic rings. The molecule has 2 aromatic carbocycles. The van der Waals surface area contributed by atoms with Crippen molar-refractivity contribution in [2.45, 2.75) is 57.3 Å². The number of benzene rings is 2. The minimum atomic E-state index is -1.29. The number of carbonyl (C=O) groups is 1. The number of likely N-dealkylation sites (tertiary alicyclic amines) is 1. The molecule has 2 fully saturated rings. The molecule has 12 heteroatoms. The van der Waals surface area contributed by atoms with E-state index in [9.17, 15) is 14.4 Å². The van der Waals surface area contributed by atoms with Crippen LogP contribution in [-0.4, -0.2) is 51.1 Å². The molecule has 4 aromatic rings. The third kappa shape index (κ3) is 5.67. The normalized spacial score (nSPS) is 20.3. The Hall–Kier alpha value is -4.53. The van der Waals surface area contributed by atoms with Crippen LogP contribution in [0.2, 0.25) is 5.02 Å². The Balaban J connectivity index is 1.06. The van der Waals surface area contributed by atoms with Gasteiger partial charge >= 0.3 is 0 Å². The minimum Gasteiger partial charge on any atom is -0.444 e. The Labute approximate surface area is 270 Å². The topological polar surface area (TPSA) is 129 Å². The van der Waals surface area contributed by atoms with Gasteiger partial charge in [-0.25, -0.2) is 9.37 Å². The number of amides is 1. The van der Waals surface area contributed by atoms with Gasteiger partial charge in [0.1, 0.15) is 5.82 Å². The number of pyridine rings is 1. The molecule has 0 unspecified atom stereocenters. The van der Waals surface area contributed by atoms with Gasteiger partial charge in [0.2, 0.25) is 5.82 Å². The second kappa shape index (κ2) is 11.7. The summed E-state index contributed by atoms with van der Waals surface area (Å²) in [4.78, 5) is 23.5. The molecule has 1 saturated heterocycles. The number of fused-ring (bicyclic) bond motifs is 1. The number of para-hydroxylation sites is 1. The van der Waals surface area contributed by atoms with Crippen LogP contribution in [0.25, 0.3) is 11.4 Å². The number of nitrogens with one attached hydrogen (secondary N) is 2. The van der Waals surface area contributed by atoms with Crippen LogP contribution in [0.15, 0.2) is 48.7 Å². The van der Waals surface area contributed by atoms with Crippen molar-refractivity contribution in [3.63, 3.8) is 0 Å². The zero-order valence-corrected chi connectivity index (χ0v) is 26.3. The van der Waals surface area contributed by atoms with E-state index >= 15 is 0 Å². The number of nitriles is 1. The highest BCUT2D eigenvalue weighted by Gasteiger charge is 2.44. The first-order valence-electron chi connectivity index (χ1n) is 15.4. The maximum Gasteiger partial charge on any atom is 0.288 e. The van der Waals surface area contributed by atoms with Crippen molar-refractivity contribution in [2.24, 2.45) is 5.41 Å². The van der Waals surface area contributed by atoms with Gasteiger partial charge in [0, 0.05) is 42.9 Å². The summed E-state index contributed by atoms with van der Waals surface area (Å²) in [5.41, 5.74) is 3.64. The zero-order chi connectivity index (χ0) is 32.1. The fourth-order valence-corrected chi connectivity index (χ4v) is 6.62. The summed E-state index contributed by atoms with van der Waals surface area (Å²) in [6.45, 7) is 4.08. The number of aromatic nitrogens is 4. The van der Waals surface area contributed by atoms with E-state index < -0.39 is 11.6 Å². The third-order valence-electron chi connectivity index (χ3n) is 9.30. The van der Waals surface area contributed by atoms with E-state index in [-0.39, 0.29) is 23.1 Å². The molecule has 2 aliphatic heterocycles. The first-order chi connectivity index (χ1) is 22.2. The number of hydrogen-bond acceptors (Lipinski definition) is 8. The van der Waals surface area contributed by atoms with Crippen LogP contribution in [0.1, 0.15) is 71.5 Å². The number of hydrogen-bond donors (Lipinski definition) is 2. The van der Waals surface area contributed by atoms with E-state index in [4.69, 9.17) is 26.1 Å². The highest BCUT2D eigenvalue weighted by atomic mass is 35.5. The molecule has 0 radical (unpaired) electrons. The second-order valence-corrected chi connectivity index (χ2v) is 12.9. The highest BCUT2D eigenvalue weighted by molar-refractivity contribution is 6.30. The van der Waals surface area contributed by atoms with Crippen molar-refractivity contribution in [1.29, 1.82) is 5.26 Å². The summed E-state index contributed by atoms with van der Waals surface area (Å²) in [6, 6.07) is 14.9. The quantitative estimate of drug-likeness (QED) is 0.244. The predicted molar refractivity (Wildman–Crippen MR) is 168 cm³/mol. The molecule has 1 amide bonds. The zero-order valence-electron chi connectivity index (χ0n) is 25.6. The molecule has 236 valence electrons. The molecule has 4 heterocycles. The van der Waals surface area contributed by atoms with E-state index in [0.29, 0.717) is 46.4 Å². The molecule has 1 atom stereocenters. The SMILES string of the molecule is CNC(=O)c1nc(-c2cnc(CN3CCC(c4cccc5c4O[C@](C)(c4ccc(Cl)cc4F)O5)CC3)c(CC3(C#N)CC3)c2)n[nH]1. The molecule has 2 aromatic heterocycles. The lowest BCUT2D eigenvalue weighted by atomic mass is 9.88. The summed E-state index contributed by atoms with van der Waals surface area (Å²) in [7, 11) is 1.54. The van der Waals surface area contributed by atoms with Gasteiger partial charge in [0.25, 0.3) is 11.7 Å². The van der Waals surface area contributed by atoms with Gasteiger partial charge in [-0.05, 0) is 87.0 Å². The lowest BCUT2D eigenvalue weighted by molar-refractivity contribution is -0.0712. The van der Waals surface area contributed by atoms with Crippen molar-refractivity contribution in [1.82, 2.24) is 30.4 Å². The van der Waals surface area contributed by atoms with Crippen LogP contribution in [0, 0.1) is 22.6 Å². The maximum absolute atomic E-state index is 14.8. The Morgan fingerprint density at radius 3 is 2.74 bits per heavy atom. The molecular formula is C34H33ClFN7O3. The van der Waals surface area contributed by atoms with Gasteiger partial charge in [-0.3, -0.25) is 19.8 Å². The Bertz CT molecular complexity index is 1860. The minimum absolute atomic E-state index is 0.129. The van der Waals surface area contributed by atoms with Gasteiger partial charge in [-0.2, -0.15) is 10.4 Å². The fraction of sp³-hybridized carbons (Fsp3) is 0.382. The van der Waals surface area contributed by atoms with Gasteiger partial charge in [0.15, 0.2) is 17.3 Å². The first-order valence-corrected chi connectivity index (χ1v) is 15.8. The molecule has 1 saturated carbocycles. The highest BCUT2D eigenvalue weighted by Crippen LogP contribution is 2.50. The van der Waals surface area contributed by atoms with Crippen molar-refractivity contribution in [2.75, 3.05) is 20.1 Å². The molecule has 10 nitrogen and oxygen atoms in total. The van der Waals surface area contributed by atoms with Crippen molar-refractivity contribution >= 4 is 17.5 Å². The largest absolute Gasteiger partial charge is 0.444 e. The van der Waals surface area contributed by atoms with Crippen LogP contribution in [-0.2, 0) is 18.8 Å². The summed E-state index contributed by atoms with van der Waals surface area (Å²) in [6.07, 6.45) is 5.90. The van der Waals surface area contributed by atoms with Crippen molar-refractivity contribution in [3.05, 3.63) is 87.7 Å². The number of aromatic amines is 1.